The molecule has 8 heteroatoms. The van der Waals surface area contributed by atoms with Crippen LogP contribution in [0.4, 0.5) is 0 Å². The summed E-state index contributed by atoms with van der Waals surface area (Å²) in [5.74, 6) is 0.513. The summed E-state index contributed by atoms with van der Waals surface area (Å²) in [5.41, 5.74) is 3.43. The first-order chi connectivity index (χ1) is 14.5. The topological polar surface area (TPSA) is 64.4 Å². The molecule has 0 bridgehead atoms. The number of hydrogen-bond donors (Lipinski definition) is 0. The van der Waals surface area contributed by atoms with Gasteiger partial charge in [-0.1, -0.05) is 23.7 Å². The third kappa shape index (κ3) is 4.31. The highest BCUT2D eigenvalue weighted by molar-refractivity contribution is 7.91. The van der Waals surface area contributed by atoms with Gasteiger partial charge in [-0.2, -0.15) is 0 Å². The predicted molar refractivity (Wildman–Crippen MR) is 115 cm³/mol. The maximum Gasteiger partial charge on any atom is 0.227 e. The Morgan fingerprint density at radius 3 is 2.87 bits per heavy atom. The molecule has 3 heterocycles. The molecule has 6 nitrogen and oxygen atoms in total. The largest absolute Gasteiger partial charge is 0.376 e. The van der Waals surface area contributed by atoms with E-state index in [0.29, 0.717) is 19.0 Å². The minimum atomic E-state index is -3.38. The van der Waals surface area contributed by atoms with Crippen molar-refractivity contribution in [2.24, 2.45) is 5.92 Å². The molecular formula is C22H28ClN3O3S. The number of nitrogens with zero attached hydrogens (tertiary/aromatic N) is 3. The Kier molecular flexibility index (Phi) is 5.64. The van der Waals surface area contributed by atoms with Crippen LogP contribution in [0.25, 0.3) is 0 Å². The van der Waals surface area contributed by atoms with E-state index < -0.39 is 9.84 Å². The summed E-state index contributed by atoms with van der Waals surface area (Å²) in [4.78, 5) is 6.75. The molecule has 162 valence electrons. The molecule has 2 aliphatic heterocycles. The van der Waals surface area contributed by atoms with Crippen molar-refractivity contribution >= 4 is 21.4 Å². The maximum atomic E-state index is 13.0. The molecule has 2 aromatic rings. The van der Waals surface area contributed by atoms with Crippen LogP contribution in [0.1, 0.15) is 42.5 Å². The number of benzene rings is 1. The molecule has 0 radical (unpaired) electrons. The Balaban J connectivity index is 1.40. The third-order valence-corrected chi connectivity index (χ3v) is 8.56. The Bertz CT molecular complexity index is 1030. The normalized spacial score (nSPS) is 22.4. The Morgan fingerprint density at radius 1 is 1.23 bits per heavy atom. The van der Waals surface area contributed by atoms with Crippen LogP contribution in [0.2, 0.25) is 5.02 Å². The van der Waals surface area contributed by atoms with E-state index in [9.17, 15) is 8.42 Å². The quantitative estimate of drug-likeness (QED) is 0.647. The first kappa shape index (κ1) is 20.5. The summed E-state index contributed by atoms with van der Waals surface area (Å²) in [6.07, 6.45) is 6.73. The van der Waals surface area contributed by atoms with Gasteiger partial charge in [-0.3, -0.25) is 4.90 Å². The van der Waals surface area contributed by atoms with Gasteiger partial charge >= 0.3 is 0 Å². The van der Waals surface area contributed by atoms with Crippen molar-refractivity contribution in [3.63, 3.8) is 0 Å². The lowest BCUT2D eigenvalue weighted by Gasteiger charge is -2.29. The van der Waals surface area contributed by atoms with E-state index in [-0.39, 0.29) is 17.0 Å². The van der Waals surface area contributed by atoms with Crippen LogP contribution >= 0.6 is 11.6 Å². The van der Waals surface area contributed by atoms with Crippen molar-refractivity contribution in [1.82, 2.24) is 14.5 Å². The van der Waals surface area contributed by atoms with E-state index in [1.807, 2.05) is 16.7 Å². The maximum absolute atomic E-state index is 13.0. The lowest BCUT2D eigenvalue weighted by Crippen LogP contribution is -2.32. The van der Waals surface area contributed by atoms with Crippen LogP contribution in [-0.4, -0.2) is 47.9 Å². The highest BCUT2D eigenvalue weighted by atomic mass is 35.5. The van der Waals surface area contributed by atoms with Gasteiger partial charge in [0.05, 0.1) is 30.3 Å². The molecule has 1 atom stereocenters. The monoisotopic (exact) mass is 449 g/mol. The third-order valence-electron chi connectivity index (χ3n) is 6.42. The average molecular weight is 450 g/mol. The molecule has 1 saturated carbocycles. The van der Waals surface area contributed by atoms with Crippen molar-refractivity contribution in [3.05, 3.63) is 46.2 Å². The number of imidazole rings is 1. The predicted octanol–water partition coefficient (Wildman–Crippen LogP) is 3.46. The SMILES string of the molecule is O=S(=O)(CC1CC1)c1ncc(CN2CCc3c(Cl)cccc3C2)n1CC1CCCO1. The van der Waals surface area contributed by atoms with Crippen LogP contribution < -0.4 is 0 Å². The van der Waals surface area contributed by atoms with Crippen molar-refractivity contribution in [3.8, 4) is 0 Å². The summed E-state index contributed by atoms with van der Waals surface area (Å²) >= 11 is 6.36. The van der Waals surface area contributed by atoms with Crippen LogP contribution in [0.5, 0.6) is 0 Å². The summed E-state index contributed by atoms with van der Waals surface area (Å²) < 4.78 is 33.8. The molecule has 1 unspecified atom stereocenters. The molecule has 0 amide bonds. The molecule has 1 aliphatic carbocycles. The average Bonchev–Trinajstić information content (AvgIpc) is 3.20. The van der Waals surface area contributed by atoms with E-state index in [1.54, 1.807) is 6.20 Å². The second kappa shape index (κ2) is 8.26. The van der Waals surface area contributed by atoms with Gasteiger partial charge in [0.25, 0.3) is 0 Å². The van der Waals surface area contributed by atoms with E-state index in [0.717, 1.165) is 62.5 Å². The smallest absolute Gasteiger partial charge is 0.227 e. The molecule has 0 N–H and O–H groups in total. The number of rotatable bonds is 7. The number of ether oxygens (including phenoxy) is 1. The molecule has 1 aromatic carbocycles. The van der Waals surface area contributed by atoms with Crippen molar-refractivity contribution < 1.29 is 13.2 Å². The highest BCUT2D eigenvalue weighted by Crippen LogP contribution is 2.33. The molecule has 30 heavy (non-hydrogen) atoms. The zero-order valence-electron chi connectivity index (χ0n) is 17.1. The standard InChI is InChI=1S/C22H28ClN3O3S/c23-21-5-1-3-17-12-25(9-8-20(17)21)13-18-11-24-22(30(27,28)15-16-6-7-16)26(18)14-19-4-2-10-29-19/h1,3,5,11,16,19H,2,4,6-10,12-15H2. The molecule has 1 saturated heterocycles. The molecule has 3 aliphatic rings. The first-order valence-electron chi connectivity index (χ1n) is 10.9. The minimum Gasteiger partial charge on any atom is -0.376 e. The number of fused-ring (bicyclic) bond motifs is 1. The highest BCUT2D eigenvalue weighted by Gasteiger charge is 2.33. The zero-order valence-corrected chi connectivity index (χ0v) is 18.7. The van der Waals surface area contributed by atoms with Crippen molar-refractivity contribution in [2.75, 3.05) is 18.9 Å². The van der Waals surface area contributed by atoms with Gasteiger partial charge < -0.3 is 9.30 Å². The number of hydrogen-bond acceptors (Lipinski definition) is 5. The minimum absolute atomic E-state index is 0.0636. The second-order valence-electron chi connectivity index (χ2n) is 8.84. The lowest BCUT2D eigenvalue weighted by molar-refractivity contribution is 0.0931. The molecule has 1 aromatic heterocycles. The van der Waals surface area contributed by atoms with Gasteiger partial charge in [-0.25, -0.2) is 13.4 Å². The van der Waals surface area contributed by atoms with Crippen molar-refractivity contribution in [1.29, 1.82) is 0 Å². The molecule has 5 rings (SSSR count). The fourth-order valence-corrected chi connectivity index (χ4v) is 6.74. The van der Waals surface area contributed by atoms with Crippen molar-refractivity contribution in [2.45, 2.75) is 63.0 Å². The van der Waals surface area contributed by atoms with E-state index in [2.05, 4.69) is 16.0 Å². The van der Waals surface area contributed by atoms with Crippen LogP contribution in [0, 0.1) is 5.92 Å². The van der Waals surface area contributed by atoms with Gasteiger partial charge in [0.15, 0.2) is 0 Å². The van der Waals surface area contributed by atoms with Gasteiger partial charge in [0, 0.05) is 31.3 Å². The van der Waals surface area contributed by atoms with Gasteiger partial charge in [-0.05, 0) is 55.2 Å². The summed E-state index contributed by atoms with van der Waals surface area (Å²) in [5, 5.41) is 1.06. The fourth-order valence-electron chi connectivity index (χ4n) is 4.61. The molecule has 0 spiro atoms. The summed E-state index contributed by atoms with van der Waals surface area (Å²) in [6.45, 7) is 3.69. The molecular weight excluding hydrogens is 422 g/mol. The lowest BCUT2D eigenvalue weighted by atomic mass is 10.00. The van der Waals surface area contributed by atoms with Crippen LogP contribution in [0.15, 0.2) is 29.6 Å². The first-order valence-corrected chi connectivity index (χ1v) is 12.9. The van der Waals surface area contributed by atoms with Gasteiger partial charge in [0.2, 0.25) is 15.0 Å². The van der Waals surface area contributed by atoms with E-state index in [1.165, 1.54) is 11.1 Å². The Morgan fingerprint density at radius 2 is 2.10 bits per heavy atom. The van der Waals surface area contributed by atoms with Gasteiger partial charge in [0.1, 0.15) is 0 Å². The fraction of sp³-hybridized carbons (Fsp3) is 0.591. The summed E-state index contributed by atoms with van der Waals surface area (Å²) in [7, 11) is -3.38. The van der Waals surface area contributed by atoms with Gasteiger partial charge in [-0.15, -0.1) is 0 Å². The number of sulfone groups is 1. The molecule has 2 fully saturated rings. The van der Waals surface area contributed by atoms with E-state index in [4.69, 9.17) is 16.3 Å². The Labute approximate surface area is 183 Å². The number of halogens is 1. The van der Waals surface area contributed by atoms with Crippen LogP contribution in [-0.2, 0) is 40.6 Å². The zero-order chi connectivity index (χ0) is 20.7. The van der Waals surface area contributed by atoms with E-state index >= 15 is 0 Å². The second-order valence-corrected chi connectivity index (χ2v) is 11.2. The number of aromatic nitrogens is 2. The van der Waals surface area contributed by atoms with Crippen LogP contribution in [0.3, 0.4) is 0 Å². The Hall–Kier alpha value is -1.41. The summed E-state index contributed by atoms with van der Waals surface area (Å²) in [6, 6.07) is 6.07.